The van der Waals surface area contributed by atoms with Crippen LogP contribution in [0.1, 0.15) is 98.8 Å². The number of hydrogen-bond acceptors (Lipinski definition) is 3. The van der Waals surface area contributed by atoms with Crippen molar-refractivity contribution in [2.75, 3.05) is 0 Å². The summed E-state index contributed by atoms with van der Waals surface area (Å²) in [7, 11) is 0. The zero-order chi connectivity index (χ0) is 24.8. The van der Waals surface area contributed by atoms with Gasteiger partial charge in [0, 0.05) is 11.8 Å². The van der Waals surface area contributed by atoms with E-state index in [-0.39, 0.29) is 28.6 Å². The Morgan fingerprint density at radius 3 is 2.38 bits per heavy atom. The number of carboxylic acid groups (broad SMARTS) is 1. The summed E-state index contributed by atoms with van der Waals surface area (Å²) in [5, 5.41) is 31.9. The van der Waals surface area contributed by atoms with Gasteiger partial charge in [-0.15, -0.1) is 0 Å². The van der Waals surface area contributed by atoms with Crippen molar-refractivity contribution in [1.29, 1.82) is 0 Å². The molecule has 192 valence electrons. The van der Waals surface area contributed by atoms with Crippen LogP contribution >= 0.6 is 0 Å². The van der Waals surface area contributed by atoms with Gasteiger partial charge < -0.3 is 15.3 Å². The average molecular weight is 473 g/mol. The van der Waals surface area contributed by atoms with Crippen LogP contribution in [0.2, 0.25) is 0 Å². The summed E-state index contributed by atoms with van der Waals surface area (Å²) < 4.78 is 0. The fourth-order valence-corrected chi connectivity index (χ4v) is 10.9. The van der Waals surface area contributed by atoms with Gasteiger partial charge in [-0.05, 0) is 104 Å². The molecule has 2 spiro atoms. The molecule has 0 aromatic carbocycles. The van der Waals surface area contributed by atoms with Gasteiger partial charge in [0.1, 0.15) is 0 Å². The van der Waals surface area contributed by atoms with Gasteiger partial charge in [0.05, 0.1) is 18.1 Å². The third-order valence-corrected chi connectivity index (χ3v) is 13.1. The molecule has 0 radical (unpaired) electrons. The lowest BCUT2D eigenvalue weighted by molar-refractivity contribution is -0.187. The third kappa shape index (κ3) is 2.93. The highest BCUT2D eigenvalue weighted by Crippen LogP contribution is 2.88. The largest absolute Gasteiger partial charge is 0.481 e. The van der Waals surface area contributed by atoms with E-state index in [0.717, 1.165) is 38.0 Å². The fourth-order valence-electron chi connectivity index (χ4n) is 10.9. The van der Waals surface area contributed by atoms with Crippen molar-refractivity contribution in [2.45, 2.75) is 111 Å². The number of aliphatic hydroxyl groups excluding tert-OH is 2. The molecule has 0 aliphatic heterocycles. The zero-order valence-electron chi connectivity index (χ0n) is 22.1. The van der Waals surface area contributed by atoms with Gasteiger partial charge in [0.25, 0.3) is 0 Å². The summed E-state index contributed by atoms with van der Waals surface area (Å²) in [6, 6.07) is 0. The van der Waals surface area contributed by atoms with E-state index >= 15 is 0 Å². The molecule has 5 fully saturated rings. The first kappa shape index (κ1) is 24.8. The number of allylic oxidation sites excluding steroid dienone is 1. The minimum Gasteiger partial charge on any atom is -0.481 e. The van der Waals surface area contributed by atoms with Crippen molar-refractivity contribution in [3.63, 3.8) is 0 Å². The van der Waals surface area contributed by atoms with Crippen LogP contribution in [0, 0.1) is 57.2 Å². The Labute approximate surface area is 206 Å². The van der Waals surface area contributed by atoms with Crippen LogP contribution < -0.4 is 0 Å². The van der Waals surface area contributed by atoms with Crippen LogP contribution in [-0.2, 0) is 4.79 Å². The van der Waals surface area contributed by atoms with Crippen molar-refractivity contribution < 1.29 is 20.1 Å². The lowest BCUT2D eigenvalue weighted by atomic mass is 9.42. The lowest BCUT2D eigenvalue weighted by Gasteiger charge is -2.62. The minimum absolute atomic E-state index is 0.0777. The quantitative estimate of drug-likeness (QED) is 0.411. The topological polar surface area (TPSA) is 77.8 Å². The maximum absolute atomic E-state index is 12.2. The number of carbonyl (C=O) groups is 1. The standard InChI is InChI=1S/C30H48O4/c1-17(2)18(3)7-8-19(4)20-11-12-28(6)23-10-9-21-25(26(33)34)22(31)15-24(32)30(21)16-29(23,30)14-13-27(20,28)5/h17,19-25,31-32H,3,7-16H2,1-2,4-6H3,(H,33,34). The molecule has 0 amide bonds. The highest BCUT2D eigenvalue weighted by molar-refractivity contribution is 5.72. The molecule has 5 rings (SSSR count). The molecule has 5 saturated carbocycles. The van der Waals surface area contributed by atoms with Gasteiger partial charge in [-0.25, -0.2) is 0 Å². The molecule has 0 bridgehead atoms. The number of hydrogen-bond donors (Lipinski definition) is 3. The minimum atomic E-state index is -0.918. The summed E-state index contributed by atoms with van der Waals surface area (Å²) in [4.78, 5) is 12.2. The summed E-state index contributed by atoms with van der Waals surface area (Å²) in [5.41, 5.74) is 1.74. The molecule has 5 aliphatic carbocycles. The normalized spacial score (nSPS) is 52.2. The first-order valence-corrected chi connectivity index (χ1v) is 14.1. The van der Waals surface area contributed by atoms with Crippen molar-refractivity contribution in [2.24, 2.45) is 57.2 Å². The molecule has 0 aromatic rings. The maximum Gasteiger partial charge on any atom is 0.309 e. The van der Waals surface area contributed by atoms with E-state index in [4.69, 9.17) is 0 Å². The molecule has 4 heteroatoms. The maximum atomic E-state index is 12.2. The van der Waals surface area contributed by atoms with Crippen molar-refractivity contribution in [3.8, 4) is 0 Å². The smallest absolute Gasteiger partial charge is 0.309 e. The lowest BCUT2D eigenvalue weighted by Crippen LogP contribution is -2.60. The van der Waals surface area contributed by atoms with Gasteiger partial charge in [0.15, 0.2) is 0 Å². The Balaban J connectivity index is 1.41. The summed E-state index contributed by atoms with van der Waals surface area (Å²) >= 11 is 0. The second-order valence-corrected chi connectivity index (χ2v) is 14.1. The molecular formula is C30H48O4. The molecule has 0 saturated heterocycles. The molecule has 0 heterocycles. The van der Waals surface area contributed by atoms with Gasteiger partial charge >= 0.3 is 5.97 Å². The molecule has 3 N–H and O–H groups in total. The monoisotopic (exact) mass is 472 g/mol. The first-order valence-electron chi connectivity index (χ1n) is 14.1. The Hall–Kier alpha value is -0.870. The molecular weight excluding hydrogens is 424 g/mol. The van der Waals surface area contributed by atoms with E-state index < -0.39 is 24.1 Å². The number of aliphatic hydroxyl groups is 2. The fraction of sp³-hybridized carbons (Fsp3) is 0.900. The Morgan fingerprint density at radius 2 is 1.74 bits per heavy atom. The molecule has 34 heavy (non-hydrogen) atoms. The Bertz CT molecular complexity index is 866. The van der Waals surface area contributed by atoms with E-state index in [0.29, 0.717) is 23.2 Å². The number of aliphatic carboxylic acids is 1. The van der Waals surface area contributed by atoms with E-state index in [1.54, 1.807) is 0 Å². The first-order chi connectivity index (χ1) is 15.9. The predicted molar refractivity (Wildman–Crippen MR) is 134 cm³/mol. The highest BCUT2D eigenvalue weighted by Gasteiger charge is 2.84. The van der Waals surface area contributed by atoms with Gasteiger partial charge in [0.2, 0.25) is 0 Å². The second-order valence-electron chi connectivity index (χ2n) is 14.1. The SMILES string of the molecule is C=C(CCC(C)C1CCC2(C)C3CCC4C(C(=O)O)C(O)CC(O)C45CC35CCC12C)C(C)C. The van der Waals surface area contributed by atoms with E-state index in [1.807, 2.05) is 0 Å². The number of fused-ring (bicyclic) bond motifs is 2. The van der Waals surface area contributed by atoms with E-state index in [2.05, 4.69) is 41.2 Å². The van der Waals surface area contributed by atoms with E-state index in [1.165, 1.54) is 31.3 Å². The predicted octanol–water partition coefficient (Wildman–Crippen LogP) is 6.06. The van der Waals surface area contributed by atoms with Gasteiger partial charge in [-0.1, -0.05) is 46.8 Å². The summed E-state index contributed by atoms with van der Waals surface area (Å²) in [6.07, 6.45) is 8.88. The van der Waals surface area contributed by atoms with Crippen molar-refractivity contribution in [3.05, 3.63) is 12.2 Å². The zero-order valence-corrected chi connectivity index (χ0v) is 22.1. The number of rotatable bonds is 6. The van der Waals surface area contributed by atoms with Crippen molar-refractivity contribution in [1.82, 2.24) is 0 Å². The molecule has 5 aliphatic rings. The van der Waals surface area contributed by atoms with Crippen LogP contribution in [-0.4, -0.2) is 33.5 Å². The number of carboxylic acids is 1. The molecule has 11 atom stereocenters. The van der Waals surface area contributed by atoms with E-state index in [9.17, 15) is 20.1 Å². The van der Waals surface area contributed by atoms with Crippen molar-refractivity contribution >= 4 is 5.97 Å². The highest BCUT2D eigenvalue weighted by atomic mass is 16.4. The van der Waals surface area contributed by atoms with Crippen LogP contribution in [0.15, 0.2) is 12.2 Å². The summed E-state index contributed by atoms with van der Waals surface area (Å²) in [5.74, 6) is 0.884. The molecule has 0 aromatic heterocycles. The average Bonchev–Trinajstić information content (AvgIpc) is 3.37. The van der Waals surface area contributed by atoms with Crippen LogP contribution in [0.5, 0.6) is 0 Å². The van der Waals surface area contributed by atoms with Gasteiger partial charge in [-0.2, -0.15) is 0 Å². The molecule has 4 nitrogen and oxygen atoms in total. The third-order valence-electron chi connectivity index (χ3n) is 13.1. The van der Waals surface area contributed by atoms with Crippen LogP contribution in [0.25, 0.3) is 0 Å². The summed E-state index contributed by atoms with van der Waals surface area (Å²) in [6.45, 7) is 16.4. The molecule has 11 unspecified atom stereocenters. The Kier molecular flexibility index (Phi) is 5.70. The van der Waals surface area contributed by atoms with Crippen LogP contribution in [0.4, 0.5) is 0 Å². The Morgan fingerprint density at radius 1 is 1.03 bits per heavy atom. The van der Waals surface area contributed by atoms with Crippen LogP contribution in [0.3, 0.4) is 0 Å². The van der Waals surface area contributed by atoms with Gasteiger partial charge in [-0.3, -0.25) is 4.79 Å². The second kappa shape index (κ2) is 7.81.